The maximum atomic E-state index is 12.8. The number of benzene rings is 1. The van der Waals surface area contributed by atoms with Crippen molar-refractivity contribution in [1.29, 1.82) is 0 Å². The summed E-state index contributed by atoms with van der Waals surface area (Å²) >= 11 is 0. The van der Waals surface area contributed by atoms with E-state index in [2.05, 4.69) is 34.2 Å². The number of nitrogens with zero attached hydrogens (tertiary/aromatic N) is 2. The van der Waals surface area contributed by atoms with Crippen LogP contribution in [0.4, 0.5) is 5.95 Å². The van der Waals surface area contributed by atoms with Crippen LogP contribution < -0.4 is 5.73 Å². The monoisotopic (exact) mass is 335 g/mol. The van der Waals surface area contributed by atoms with E-state index in [4.69, 9.17) is 5.73 Å². The molecule has 1 unspecified atom stereocenters. The van der Waals surface area contributed by atoms with Gasteiger partial charge in [0.05, 0.1) is 17.0 Å². The van der Waals surface area contributed by atoms with Gasteiger partial charge in [-0.25, -0.2) is 9.97 Å². The Labute approximate surface area is 148 Å². The highest BCUT2D eigenvalue weighted by molar-refractivity contribution is 5.99. The van der Waals surface area contributed by atoms with Crippen molar-refractivity contribution in [1.82, 2.24) is 9.97 Å². The van der Waals surface area contributed by atoms with Crippen molar-refractivity contribution in [2.45, 2.75) is 63.7 Å². The molecule has 0 saturated heterocycles. The molecular weight excluding hydrogens is 310 g/mol. The number of aromatic nitrogens is 2. The number of anilines is 1. The Bertz CT molecular complexity index is 809. The number of Topliss-reactive ketones (excluding diaryl/α,β-unsaturated/α-hetero) is 1. The molecule has 4 rings (SSSR count). The topological polar surface area (TPSA) is 68.9 Å². The molecule has 2 aliphatic rings. The van der Waals surface area contributed by atoms with Crippen molar-refractivity contribution >= 4 is 11.7 Å². The largest absolute Gasteiger partial charge is 0.368 e. The first-order valence-corrected chi connectivity index (χ1v) is 9.38. The Morgan fingerprint density at radius 1 is 0.960 bits per heavy atom. The summed E-state index contributed by atoms with van der Waals surface area (Å²) < 4.78 is 0. The molecule has 1 aromatic heterocycles. The first-order chi connectivity index (χ1) is 12.1. The average molecular weight is 335 g/mol. The van der Waals surface area contributed by atoms with Gasteiger partial charge in [0.15, 0.2) is 5.78 Å². The van der Waals surface area contributed by atoms with E-state index in [0.29, 0.717) is 23.6 Å². The maximum absolute atomic E-state index is 12.8. The van der Waals surface area contributed by atoms with Crippen LogP contribution in [-0.4, -0.2) is 15.8 Å². The zero-order chi connectivity index (χ0) is 17.4. The standard InChI is InChI=1S/C21H25N3O/c1-13-20-18(24-21(22)23-13)11-15(12-19(20)25)17-10-6-5-9-16(17)14-7-3-2-4-8-14/h5-6,9-10,14-15H,2-4,7-8,11-12H2,1H3,(H2,22,23,24). The summed E-state index contributed by atoms with van der Waals surface area (Å²) in [6.45, 7) is 1.85. The van der Waals surface area contributed by atoms with Crippen LogP contribution in [0.1, 0.15) is 83.2 Å². The fourth-order valence-electron chi connectivity index (χ4n) is 4.69. The molecule has 2 N–H and O–H groups in total. The molecule has 25 heavy (non-hydrogen) atoms. The van der Waals surface area contributed by atoms with E-state index in [1.54, 1.807) is 0 Å². The highest BCUT2D eigenvalue weighted by atomic mass is 16.1. The van der Waals surface area contributed by atoms with Gasteiger partial charge in [0.25, 0.3) is 0 Å². The Kier molecular flexibility index (Phi) is 4.28. The summed E-state index contributed by atoms with van der Waals surface area (Å²) in [4.78, 5) is 21.3. The molecule has 1 fully saturated rings. The normalized spacial score (nSPS) is 21.2. The number of fused-ring (bicyclic) bond motifs is 1. The summed E-state index contributed by atoms with van der Waals surface area (Å²) in [7, 11) is 0. The number of carbonyl (C=O) groups is 1. The number of hydrogen-bond donors (Lipinski definition) is 1. The smallest absolute Gasteiger partial charge is 0.220 e. The van der Waals surface area contributed by atoms with Crippen molar-refractivity contribution in [3.05, 3.63) is 52.3 Å². The van der Waals surface area contributed by atoms with Crippen molar-refractivity contribution in [3.8, 4) is 0 Å². The molecular formula is C21H25N3O. The van der Waals surface area contributed by atoms with E-state index in [1.807, 2.05) is 6.92 Å². The van der Waals surface area contributed by atoms with Crippen molar-refractivity contribution in [3.63, 3.8) is 0 Å². The second-order valence-corrected chi connectivity index (χ2v) is 7.48. The highest BCUT2D eigenvalue weighted by Crippen LogP contribution is 2.40. The van der Waals surface area contributed by atoms with Gasteiger partial charge in [0.2, 0.25) is 5.95 Å². The number of carbonyl (C=O) groups excluding carboxylic acids is 1. The van der Waals surface area contributed by atoms with Crippen LogP contribution in [0.25, 0.3) is 0 Å². The number of aryl methyl sites for hydroxylation is 1. The van der Waals surface area contributed by atoms with E-state index >= 15 is 0 Å². The Morgan fingerprint density at radius 2 is 1.64 bits per heavy atom. The van der Waals surface area contributed by atoms with Crippen molar-refractivity contribution < 1.29 is 4.79 Å². The molecule has 4 heteroatoms. The van der Waals surface area contributed by atoms with Gasteiger partial charge in [-0.15, -0.1) is 0 Å². The molecule has 0 radical (unpaired) electrons. The van der Waals surface area contributed by atoms with Gasteiger partial charge in [-0.05, 0) is 49.1 Å². The third-order valence-corrected chi connectivity index (χ3v) is 5.81. The van der Waals surface area contributed by atoms with Crippen molar-refractivity contribution in [2.24, 2.45) is 0 Å². The fourth-order valence-corrected chi connectivity index (χ4v) is 4.69. The second kappa shape index (κ2) is 6.58. The third-order valence-electron chi connectivity index (χ3n) is 5.81. The van der Waals surface area contributed by atoms with Crippen LogP contribution in [-0.2, 0) is 6.42 Å². The molecule has 4 nitrogen and oxygen atoms in total. The summed E-state index contributed by atoms with van der Waals surface area (Å²) in [5.74, 6) is 1.26. The molecule has 1 aromatic carbocycles. The lowest BCUT2D eigenvalue weighted by molar-refractivity contribution is 0.0961. The number of nitrogens with two attached hydrogens (primary N) is 1. The molecule has 0 aliphatic heterocycles. The Balaban J connectivity index is 1.70. The number of hydrogen-bond acceptors (Lipinski definition) is 4. The van der Waals surface area contributed by atoms with Gasteiger partial charge < -0.3 is 5.73 Å². The van der Waals surface area contributed by atoms with Gasteiger partial charge in [-0.3, -0.25) is 4.79 Å². The van der Waals surface area contributed by atoms with Crippen LogP contribution >= 0.6 is 0 Å². The lowest BCUT2D eigenvalue weighted by Crippen LogP contribution is -2.24. The summed E-state index contributed by atoms with van der Waals surface area (Å²) in [5.41, 5.74) is 10.8. The van der Waals surface area contributed by atoms with Crippen LogP contribution in [0.5, 0.6) is 0 Å². The minimum atomic E-state index is 0.155. The van der Waals surface area contributed by atoms with E-state index < -0.39 is 0 Å². The molecule has 1 atom stereocenters. The molecule has 0 spiro atoms. The lowest BCUT2D eigenvalue weighted by atomic mass is 9.75. The molecule has 130 valence electrons. The Hall–Kier alpha value is -2.23. The van der Waals surface area contributed by atoms with Crippen LogP contribution in [0.3, 0.4) is 0 Å². The zero-order valence-corrected chi connectivity index (χ0v) is 14.8. The number of rotatable bonds is 2. The van der Waals surface area contributed by atoms with E-state index in [-0.39, 0.29) is 17.6 Å². The van der Waals surface area contributed by atoms with E-state index in [1.165, 1.54) is 43.2 Å². The van der Waals surface area contributed by atoms with Gasteiger partial charge in [0.1, 0.15) is 0 Å². The van der Waals surface area contributed by atoms with Crippen molar-refractivity contribution in [2.75, 3.05) is 5.73 Å². The van der Waals surface area contributed by atoms with E-state index in [9.17, 15) is 4.79 Å². The minimum Gasteiger partial charge on any atom is -0.368 e. The molecule has 0 amide bonds. The second-order valence-electron chi connectivity index (χ2n) is 7.48. The fraction of sp³-hybridized carbons (Fsp3) is 0.476. The number of nitrogen functional groups attached to an aromatic ring is 1. The zero-order valence-electron chi connectivity index (χ0n) is 14.8. The Morgan fingerprint density at radius 3 is 2.36 bits per heavy atom. The number of ketones is 1. The van der Waals surface area contributed by atoms with Gasteiger partial charge in [0, 0.05) is 6.42 Å². The van der Waals surface area contributed by atoms with Gasteiger partial charge in [-0.1, -0.05) is 43.5 Å². The van der Waals surface area contributed by atoms with Gasteiger partial charge >= 0.3 is 0 Å². The average Bonchev–Trinajstić information content (AvgIpc) is 2.61. The first kappa shape index (κ1) is 16.2. The van der Waals surface area contributed by atoms with E-state index in [0.717, 1.165) is 12.1 Å². The van der Waals surface area contributed by atoms with Gasteiger partial charge in [-0.2, -0.15) is 0 Å². The maximum Gasteiger partial charge on any atom is 0.220 e. The quantitative estimate of drug-likeness (QED) is 0.887. The predicted molar refractivity (Wildman–Crippen MR) is 98.8 cm³/mol. The SMILES string of the molecule is Cc1nc(N)nc2c1C(=O)CC(c1ccccc1C1CCCCC1)C2. The molecule has 1 heterocycles. The van der Waals surface area contributed by atoms with Crippen LogP contribution in [0, 0.1) is 6.92 Å². The predicted octanol–water partition coefficient (Wildman–Crippen LogP) is 4.33. The first-order valence-electron chi connectivity index (χ1n) is 9.38. The molecule has 2 aliphatic carbocycles. The molecule has 0 bridgehead atoms. The summed E-state index contributed by atoms with van der Waals surface area (Å²) in [6, 6.07) is 8.72. The summed E-state index contributed by atoms with van der Waals surface area (Å²) in [6.07, 6.45) is 7.83. The molecule has 2 aromatic rings. The molecule has 1 saturated carbocycles. The minimum absolute atomic E-state index is 0.155. The highest BCUT2D eigenvalue weighted by Gasteiger charge is 2.31. The third kappa shape index (κ3) is 3.06. The van der Waals surface area contributed by atoms with Crippen LogP contribution in [0.15, 0.2) is 24.3 Å². The lowest BCUT2D eigenvalue weighted by Gasteiger charge is -2.30. The van der Waals surface area contributed by atoms with Crippen LogP contribution in [0.2, 0.25) is 0 Å². The summed E-state index contributed by atoms with van der Waals surface area (Å²) in [5, 5.41) is 0.